The van der Waals surface area contributed by atoms with E-state index >= 15 is 0 Å². The van der Waals surface area contributed by atoms with Gasteiger partial charge in [0.15, 0.2) is 5.69 Å². The third-order valence-electron chi connectivity index (χ3n) is 4.72. The number of carbonyl (C=O) groups excluding carboxylic acids is 1. The lowest BCUT2D eigenvalue weighted by Gasteiger charge is -2.16. The van der Waals surface area contributed by atoms with Crippen molar-refractivity contribution < 1.29 is 18.0 Å². The van der Waals surface area contributed by atoms with Crippen molar-refractivity contribution in [1.82, 2.24) is 15.1 Å². The molecule has 27 heavy (non-hydrogen) atoms. The first-order valence-corrected chi connectivity index (χ1v) is 8.54. The predicted octanol–water partition coefficient (Wildman–Crippen LogP) is 4.31. The fourth-order valence-electron chi connectivity index (χ4n) is 3.50. The number of rotatable bonds is 3. The van der Waals surface area contributed by atoms with Crippen molar-refractivity contribution in [2.75, 3.05) is 0 Å². The zero-order valence-electron chi connectivity index (χ0n) is 14.2. The summed E-state index contributed by atoms with van der Waals surface area (Å²) >= 11 is 0. The summed E-state index contributed by atoms with van der Waals surface area (Å²) in [5.41, 5.74) is 0.761. The molecule has 1 unspecified atom stereocenters. The molecule has 0 radical (unpaired) electrons. The number of hydrogen-bond acceptors (Lipinski definition) is 2. The van der Waals surface area contributed by atoms with Crippen molar-refractivity contribution >= 4 is 5.91 Å². The highest BCUT2D eigenvalue weighted by atomic mass is 19.4. The molecule has 1 atom stereocenters. The van der Waals surface area contributed by atoms with E-state index in [0.717, 1.165) is 28.4 Å². The number of hydrogen-bond donors (Lipinski definition) is 1. The van der Waals surface area contributed by atoms with Gasteiger partial charge in [-0.15, -0.1) is 0 Å². The second-order valence-electron chi connectivity index (χ2n) is 6.42. The number of aromatic nitrogens is 2. The van der Waals surface area contributed by atoms with Crippen LogP contribution in [0.4, 0.5) is 13.2 Å². The number of nitrogens with zero attached hydrogens (tertiary/aromatic N) is 2. The van der Waals surface area contributed by atoms with Gasteiger partial charge in [0, 0.05) is 0 Å². The average molecular weight is 371 g/mol. The van der Waals surface area contributed by atoms with Crippen LogP contribution in [0, 0.1) is 0 Å². The van der Waals surface area contributed by atoms with Crippen LogP contribution in [0.15, 0.2) is 60.8 Å². The van der Waals surface area contributed by atoms with Crippen LogP contribution >= 0.6 is 0 Å². The molecule has 0 saturated heterocycles. The number of amides is 1. The topological polar surface area (TPSA) is 46.9 Å². The molecule has 138 valence electrons. The van der Waals surface area contributed by atoms with Gasteiger partial charge in [-0.05, 0) is 36.1 Å². The molecule has 1 aromatic heterocycles. The first-order valence-electron chi connectivity index (χ1n) is 8.54. The molecule has 0 spiro atoms. The molecule has 1 heterocycles. The smallest absolute Gasteiger partial charge is 0.345 e. The van der Waals surface area contributed by atoms with Gasteiger partial charge in [-0.1, -0.05) is 42.5 Å². The van der Waals surface area contributed by atoms with Crippen LogP contribution in [-0.2, 0) is 12.6 Å². The maximum Gasteiger partial charge on any atom is 0.434 e. The Kier molecular flexibility index (Phi) is 4.22. The zero-order valence-corrected chi connectivity index (χ0v) is 14.2. The summed E-state index contributed by atoms with van der Waals surface area (Å²) in [7, 11) is 0. The zero-order chi connectivity index (χ0) is 19.0. The number of carbonyl (C=O) groups is 1. The Morgan fingerprint density at radius 1 is 1.07 bits per heavy atom. The number of fused-ring (bicyclic) bond motifs is 1. The molecule has 0 aliphatic heterocycles. The molecule has 0 saturated carbocycles. The van der Waals surface area contributed by atoms with Crippen molar-refractivity contribution in [2.24, 2.45) is 0 Å². The first-order chi connectivity index (χ1) is 12.9. The number of para-hydroxylation sites is 1. The van der Waals surface area contributed by atoms with E-state index in [1.165, 1.54) is 12.1 Å². The molecule has 4 nitrogen and oxygen atoms in total. The summed E-state index contributed by atoms with van der Waals surface area (Å²) in [4.78, 5) is 12.7. The Morgan fingerprint density at radius 3 is 2.52 bits per heavy atom. The van der Waals surface area contributed by atoms with Crippen LogP contribution in [-0.4, -0.2) is 15.7 Å². The third-order valence-corrected chi connectivity index (χ3v) is 4.72. The molecule has 1 amide bonds. The Balaban J connectivity index is 1.68. The SMILES string of the molecule is O=C(NC1CCc2ccccc21)c1cnn(-c2ccccc2)c1C(F)(F)F. The Labute approximate surface area is 153 Å². The highest BCUT2D eigenvalue weighted by Gasteiger charge is 2.41. The van der Waals surface area contributed by atoms with Gasteiger partial charge in [0.05, 0.1) is 23.5 Å². The molecular formula is C20H16F3N3O. The van der Waals surface area contributed by atoms with Gasteiger partial charge >= 0.3 is 6.18 Å². The van der Waals surface area contributed by atoms with Gasteiger partial charge in [-0.2, -0.15) is 18.3 Å². The van der Waals surface area contributed by atoms with Crippen molar-refractivity contribution in [3.05, 3.63) is 83.2 Å². The van der Waals surface area contributed by atoms with Gasteiger partial charge in [0.2, 0.25) is 0 Å². The maximum absolute atomic E-state index is 13.7. The third kappa shape index (κ3) is 3.20. The second kappa shape index (κ2) is 6.57. The van der Waals surface area contributed by atoms with Gasteiger partial charge in [0.25, 0.3) is 5.91 Å². The van der Waals surface area contributed by atoms with Gasteiger partial charge in [-0.3, -0.25) is 4.79 Å². The minimum absolute atomic E-state index is 0.245. The summed E-state index contributed by atoms with van der Waals surface area (Å²) in [6, 6.07) is 15.3. The summed E-state index contributed by atoms with van der Waals surface area (Å²) < 4.78 is 41.9. The van der Waals surface area contributed by atoms with Crippen molar-refractivity contribution in [2.45, 2.75) is 25.1 Å². The molecule has 0 bridgehead atoms. The van der Waals surface area contributed by atoms with E-state index in [9.17, 15) is 18.0 Å². The number of aryl methyl sites for hydroxylation is 1. The van der Waals surface area contributed by atoms with Crippen LogP contribution in [0.3, 0.4) is 0 Å². The average Bonchev–Trinajstić information content (AvgIpc) is 3.27. The van der Waals surface area contributed by atoms with E-state index in [2.05, 4.69) is 10.4 Å². The monoisotopic (exact) mass is 371 g/mol. The molecule has 3 aromatic rings. The molecule has 2 aromatic carbocycles. The summed E-state index contributed by atoms with van der Waals surface area (Å²) in [5, 5.41) is 6.57. The summed E-state index contributed by atoms with van der Waals surface area (Å²) in [6.45, 7) is 0. The molecular weight excluding hydrogens is 355 g/mol. The van der Waals surface area contributed by atoms with E-state index in [4.69, 9.17) is 0 Å². The lowest BCUT2D eigenvalue weighted by Crippen LogP contribution is -2.29. The molecule has 7 heteroatoms. The lowest BCUT2D eigenvalue weighted by atomic mass is 10.1. The standard InChI is InChI=1S/C20H16F3N3O/c21-20(22,23)18-16(12-24-26(18)14-7-2-1-3-8-14)19(27)25-17-11-10-13-6-4-5-9-15(13)17/h1-9,12,17H,10-11H2,(H,25,27). The Bertz CT molecular complexity index is 980. The van der Waals surface area contributed by atoms with Crippen LogP contribution in [0.2, 0.25) is 0 Å². The largest absolute Gasteiger partial charge is 0.434 e. The summed E-state index contributed by atoms with van der Waals surface area (Å²) in [6.07, 6.45) is -2.28. The summed E-state index contributed by atoms with van der Waals surface area (Å²) in [5.74, 6) is -0.772. The highest BCUT2D eigenvalue weighted by molar-refractivity contribution is 5.95. The highest BCUT2D eigenvalue weighted by Crippen LogP contribution is 2.35. The quantitative estimate of drug-likeness (QED) is 0.746. The van der Waals surface area contributed by atoms with Crippen molar-refractivity contribution in [3.63, 3.8) is 0 Å². The lowest BCUT2D eigenvalue weighted by molar-refractivity contribution is -0.143. The normalized spacial score (nSPS) is 16.2. The molecule has 0 fully saturated rings. The van der Waals surface area contributed by atoms with Gasteiger partial charge in [-0.25, -0.2) is 4.68 Å². The van der Waals surface area contributed by atoms with Crippen LogP contribution in [0.5, 0.6) is 0 Å². The van der Waals surface area contributed by atoms with E-state index in [0.29, 0.717) is 6.42 Å². The van der Waals surface area contributed by atoms with Gasteiger partial charge in [0.1, 0.15) is 0 Å². The number of alkyl halides is 3. The van der Waals surface area contributed by atoms with E-state index in [1.54, 1.807) is 18.2 Å². The molecule has 1 aliphatic rings. The minimum Gasteiger partial charge on any atom is -0.345 e. The predicted molar refractivity (Wildman–Crippen MR) is 93.5 cm³/mol. The van der Waals surface area contributed by atoms with Gasteiger partial charge < -0.3 is 5.32 Å². The fourth-order valence-corrected chi connectivity index (χ4v) is 3.50. The number of nitrogens with one attached hydrogen (secondary N) is 1. The molecule has 1 aliphatic carbocycles. The fraction of sp³-hybridized carbons (Fsp3) is 0.200. The van der Waals surface area contributed by atoms with Crippen molar-refractivity contribution in [1.29, 1.82) is 0 Å². The van der Waals surface area contributed by atoms with E-state index in [1.807, 2.05) is 24.3 Å². The molecule has 4 rings (SSSR count). The van der Waals surface area contributed by atoms with Crippen LogP contribution in [0.1, 0.15) is 39.6 Å². The number of benzene rings is 2. The van der Waals surface area contributed by atoms with Crippen molar-refractivity contribution in [3.8, 4) is 5.69 Å². The van der Waals surface area contributed by atoms with E-state index in [-0.39, 0.29) is 11.7 Å². The van der Waals surface area contributed by atoms with E-state index < -0.39 is 23.3 Å². The Morgan fingerprint density at radius 2 is 1.78 bits per heavy atom. The first kappa shape index (κ1) is 17.3. The molecule has 1 N–H and O–H groups in total. The maximum atomic E-state index is 13.7. The minimum atomic E-state index is -4.72. The van der Waals surface area contributed by atoms with Crippen LogP contribution < -0.4 is 5.32 Å². The Hall–Kier alpha value is -3.09. The second-order valence-corrected chi connectivity index (χ2v) is 6.42. The number of halogens is 3. The van der Waals surface area contributed by atoms with Crippen LogP contribution in [0.25, 0.3) is 5.69 Å².